The first-order valence-electron chi connectivity index (χ1n) is 5.23. The van der Waals surface area contributed by atoms with Crippen molar-refractivity contribution < 1.29 is 17.6 Å². The Labute approximate surface area is 108 Å². The van der Waals surface area contributed by atoms with Crippen LogP contribution in [0.15, 0.2) is 10.1 Å². The van der Waals surface area contributed by atoms with Gasteiger partial charge in [-0.1, -0.05) is 0 Å². The standard InChI is InChI=1S/C9H5F4N5S/c10-4-6(5(11)8(13)14-7(4)12)19-9-15-16-17-18(9)3-1-2-3/h3H,1-2H2. The average molecular weight is 291 g/mol. The zero-order valence-corrected chi connectivity index (χ0v) is 9.96. The molecular weight excluding hydrogens is 286 g/mol. The van der Waals surface area contributed by atoms with Crippen LogP contribution in [0.25, 0.3) is 0 Å². The summed E-state index contributed by atoms with van der Waals surface area (Å²) in [4.78, 5) is 1.63. The van der Waals surface area contributed by atoms with E-state index in [-0.39, 0.29) is 11.2 Å². The molecule has 2 aromatic heterocycles. The molecule has 0 aromatic carbocycles. The predicted octanol–water partition coefficient (Wildman–Crippen LogP) is 2.11. The van der Waals surface area contributed by atoms with E-state index in [0.29, 0.717) is 11.8 Å². The summed E-state index contributed by atoms with van der Waals surface area (Å²) in [6.45, 7) is 0. The van der Waals surface area contributed by atoms with Gasteiger partial charge in [0, 0.05) is 0 Å². The van der Waals surface area contributed by atoms with Crippen molar-refractivity contribution in [3.63, 3.8) is 0 Å². The zero-order chi connectivity index (χ0) is 13.6. The van der Waals surface area contributed by atoms with Crippen LogP contribution in [0.5, 0.6) is 0 Å². The molecule has 0 atom stereocenters. The molecule has 0 amide bonds. The van der Waals surface area contributed by atoms with E-state index in [1.54, 1.807) is 0 Å². The van der Waals surface area contributed by atoms with Gasteiger partial charge in [0.15, 0.2) is 11.6 Å². The van der Waals surface area contributed by atoms with Gasteiger partial charge >= 0.3 is 0 Å². The van der Waals surface area contributed by atoms with E-state index < -0.39 is 28.4 Å². The topological polar surface area (TPSA) is 56.5 Å². The van der Waals surface area contributed by atoms with E-state index in [4.69, 9.17) is 0 Å². The molecule has 5 nitrogen and oxygen atoms in total. The molecule has 1 fully saturated rings. The number of hydrogen-bond acceptors (Lipinski definition) is 5. The Morgan fingerprint density at radius 1 is 1.05 bits per heavy atom. The first-order valence-corrected chi connectivity index (χ1v) is 6.05. The first kappa shape index (κ1) is 12.3. The number of pyridine rings is 1. The minimum Gasteiger partial charge on any atom is -0.217 e. The van der Waals surface area contributed by atoms with Crippen LogP contribution in [0, 0.1) is 23.5 Å². The Kier molecular flexibility index (Phi) is 2.88. The molecule has 0 saturated heterocycles. The van der Waals surface area contributed by atoms with Gasteiger partial charge in [-0.3, -0.25) is 0 Å². The lowest BCUT2D eigenvalue weighted by Gasteiger charge is -2.05. The van der Waals surface area contributed by atoms with Crippen LogP contribution in [0.1, 0.15) is 18.9 Å². The second kappa shape index (κ2) is 4.44. The number of tetrazole rings is 1. The molecule has 3 rings (SSSR count). The maximum Gasteiger partial charge on any atom is 0.252 e. The second-order valence-corrected chi connectivity index (χ2v) is 4.87. The van der Waals surface area contributed by atoms with E-state index in [1.807, 2.05) is 0 Å². The van der Waals surface area contributed by atoms with E-state index in [9.17, 15) is 17.6 Å². The van der Waals surface area contributed by atoms with Crippen molar-refractivity contribution in [2.45, 2.75) is 28.9 Å². The van der Waals surface area contributed by atoms with Gasteiger partial charge in [-0.25, -0.2) is 13.5 Å². The van der Waals surface area contributed by atoms with Gasteiger partial charge in [0.1, 0.15) is 0 Å². The van der Waals surface area contributed by atoms with Gasteiger partial charge in [0.2, 0.25) is 5.16 Å². The molecular formula is C9H5F4N5S. The Morgan fingerprint density at radius 3 is 2.26 bits per heavy atom. The van der Waals surface area contributed by atoms with Crippen molar-refractivity contribution >= 4 is 11.8 Å². The summed E-state index contributed by atoms with van der Waals surface area (Å²) in [5.41, 5.74) is 0. The number of rotatable bonds is 3. The van der Waals surface area contributed by atoms with Crippen LogP contribution in [-0.4, -0.2) is 25.2 Å². The Balaban J connectivity index is 2.01. The quantitative estimate of drug-likeness (QED) is 0.640. The summed E-state index contributed by atoms with van der Waals surface area (Å²) < 4.78 is 54.2. The van der Waals surface area contributed by atoms with E-state index in [1.165, 1.54) is 4.68 Å². The molecule has 0 radical (unpaired) electrons. The maximum atomic E-state index is 13.4. The summed E-state index contributed by atoms with van der Waals surface area (Å²) in [5.74, 6) is -6.53. The lowest BCUT2D eigenvalue weighted by molar-refractivity contribution is 0.383. The smallest absolute Gasteiger partial charge is 0.217 e. The third kappa shape index (κ3) is 2.15. The van der Waals surface area contributed by atoms with Crippen LogP contribution in [0.4, 0.5) is 17.6 Å². The fourth-order valence-corrected chi connectivity index (χ4v) is 2.34. The summed E-state index contributed by atoms with van der Waals surface area (Å²) in [5, 5.41) is 10.7. The molecule has 1 aliphatic rings. The zero-order valence-electron chi connectivity index (χ0n) is 9.15. The van der Waals surface area contributed by atoms with E-state index in [0.717, 1.165) is 12.8 Å². The molecule has 1 aliphatic carbocycles. The summed E-state index contributed by atoms with van der Waals surface area (Å²) in [6, 6.07) is 0.0696. The Bertz CT molecular complexity index is 616. The maximum absolute atomic E-state index is 13.4. The Morgan fingerprint density at radius 2 is 1.68 bits per heavy atom. The lowest BCUT2D eigenvalue weighted by atomic mass is 10.4. The summed E-state index contributed by atoms with van der Waals surface area (Å²) >= 11 is 0.428. The van der Waals surface area contributed by atoms with Crippen molar-refractivity contribution in [2.75, 3.05) is 0 Å². The molecule has 1 saturated carbocycles. The van der Waals surface area contributed by atoms with E-state index >= 15 is 0 Å². The molecule has 0 N–H and O–H groups in total. The molecule has 2 aromatic rings. The second-order valence-electron chi connectivity index (χ2n) is 3.89. The van der Waals surface area contributed by atoms with Crippen molar-refractivity contribution in [1.29, 1.82) is 0 Å². The minimum atomic E-state index is -1.70. The fraction of sp³-hybridized carbons (Fsp3) is 0.333. The third-order valence-corrected chi connectivity index (χ3v) is 3.52. The van der Waals surface area contributed by atoms with Crippen molar-refractivity contribution in [2.24, 2.45) is 0 Å². The summed E-state index contributed by atoms with van der Waals surface area (Å²) in [6.07, 6.45) is 1.70. The van der Waals surface area contributed by atoms with Gasteiger partial charge < -0.3 is 0 Å². The average Bonchev–Trinajstić information content (AvgIpc) is 3.12. The number of aromatic nitrogens is 5. The Hall–Kier alpha value is -1.71. The highest BCUT2D eigenvalue weighted by Gasteiger charge is 2.30. The van der Waals surface area contributed by atoms with Crippen molar-refractivity contribution in [1.82, 2.24) is 25.2 Å². The van der Waals surface area contributed by atoms with Crippen LogP contribution < -0.4 is 0 Å². The number of halogens is 4. The SMILES string of the molecule is Fc1nc(F)c(F)c(Sc2nnnn2C2CC2)c1F. The van der Waals surface area contributed by atoms with Gasteiger partial charge in [-0.15, -0.1) is 5.10 Å². The molecule has 100 valence electrons. The molecule has 2 heterocycles. The highest BCUT2D eigenvalue weighted by molar-refractivity contribution is 7.99. The highest BCUT2D eigenvalue weighted by atomic mass is 32.2. The lowest BCUT2D eigenvalue weighted by Crippen LogP contribution is -2.04. The van der Waals surface area contributed by atoms with Crippen LogP contribution >= 0.6 is 11.8 Å². The van der Waals surface area contributed by atoms with Crippen molar-refractivity contribution in [3.8, 4) is 0 Å². The summed E-state index contributed by atoms with van der Waals surface area (Å²) in [7, 11) is 0. The predicted molar refractivity (Wildman–Crippen MR) is 54.3 cm³/mol. The molecule has 0 bridgehead atoms. The molecule has 0 spiro atoms. The van der Waals surface area contributed by atoms with Gasteiger partial charge in [-0.05, 0) is 35.0 Å². The van der Waals surface area contributed by atoms with Crippen LogP contribution in [0.2, 0.25) is 0 Å². The number of nitrogens with zero attached hydrogens (tertiary/aromatic N) is 5. The molecule has 0 aliphatic heterocycles. The third-order valence-electron chi connectivity index (χ3n) is 2.51. The van der Waals surface area contributed by atoms with Crippen LogP contribution in [-0.2, 0) is 0 Å². The minimum absolute atomic E-state index is 0.0696. The fourth-order valence-electron chi connectivity index (χ4n) is 1.45. The number of hydrogen-bond donors (Lipinski definition) is 0. The highest BCUT2D eigenvalue weighted by Crippen LogP contribution is 2.39. The molecule has 10 heteroatoms. The van der Waals surface area contributed by atoms with Gasteiger partial charge in [-0.2, -0.15) is 13.8 Å². The first-order chi connectivity index (χ1) is 9.08. The normalized spacial score (nSPS) is 14.9. The van der Waals surface area contributed by atoms with Gasteiger partial charge in [0.25, 0.3) is 11.9 Å². The van der Waals surface area contributed by atoms with Crippen LogP contribution in [0.3, 0.4) is 0 Å². The monoisotopic (exact) mass is 291 g/mol. The molecule has 0 unspecified atom stereocenters. The van der Waals surface area contributed by atoms with Crippen molar-refractivity contribution in [3.05, 3.63) is 23.5 Å². The molecule has 19 heavy (non-hydrogen) atoms. The largest absolute Gasteiger partial charge is 0.252 e. The van der Waals surface area contributed by atoms with Gasteiger partial charge in [0.05, 0.1) is 10.9 Å². The van der Waals surface area contributed by atoms with E-state index in [2.05, 4.69) is 20.5 Å².